The standard InChI is InChI=1S/C100H87BN4/c1-97(2,3)69-51-49-68(50-52-69)79-61-74(103-87-47-31-27-43-77(87)78-44-28-32-48-88(78)103)63-92-93(79)101-84-54-53-73(102-85-45-29-25-41-75(85)76-42-26-30-46-86(76)102)62-89(84)104(95-80(64-33-17-13-18-34-64)55-70(98(4,5)6)56-81(95)65-35-19-14-20-36-65)90-59-72(100(10,11)12)60-91(94(90)101)105(92)96-82(66-37-21-15-22-38-66)57-71(99(7,8)9)58-83(96)67-39-23-16-24-40-67/h13-63H,1-12H3/i25D,26D,27D,28D,29D,30D,31D,32D,41D,42D,43D,44D,45D,46D,47D,48D,53D,54D,61D,62D,63D. The van der Waals surface area contributed by atoms with Crippen LogP contribution in [0, 0.1) is 0 Å². The summed E-state index contributed by atoms with van der Waals surface area (Å²) in [5.74, 6) is 0. The zero-order chi connectivity index (χ0) is 90.3. The topological polar surface area (TPSA) is 16.3 Å². The van der Waals surface area contributed by atoms with Gasteiger partial charge in [-0.2, -0.15) is 0 Å². The van der Waals surface area contributed by atoms with Crippen molar-refractivity contribution in [1.82, 2.24) is 9.13 Å². The summed E-state index contributed by atoms with van der Waals surface area (Å²) in [6.07, 6.45) is 0. The molecule has 0 aliphatic carbocycles. The number of aromatic nitrogens is 2. The van der Waals surface area contributed by atoms with Crippen LogP contribution in [0.2, 0.25) is 0 Å². The highest BCUT2D eigenvalue weighted by atomic mass is 15.2. The van der Waals surface area contributed by atoms with Crippen LogP contribution in [0.15, 0.2) is 309 Å². The number of rotatable bonds is 9. The lowest BCUT2D eigenvalue weighted by atomic mass is 9.32. The lowest BCUT2D eigenvalue weighted by Crippen LogP contribution is -2.62. The van der Waals surface area contributed by atoms with Gasteiger partial charge in [-0.05, 0) is 178 Å². The molecule has 2 aliphatic rings. The number of anilines is 6. The predicted molar refractivity (Wildman–Crippen MR) is 451 cm³/mol. The molecule has 4 nitrogen and oxygen atoms in total. The molecule has 2 aliphatic heterocycles. The minimum atomic E-state index is -1.54. The molecule has 2 aromatic heterocycles. The van der Waals surface area contributed by atoms with Gasteiger partial charge < -0.3 is 18.9 Å². The third-order valence-corrected chi connectivity index (χ3v) is 20.9. The molecule has 14 aromatic carbocycles. The Morgan fingerprint density at radius 3 is 0.971 bits per heavy atom. The molecule has 0 spiro atoms. The Labute approximate surface area is 648 Å². The van der Waals surface area contributed by atoms with Crippen molar-refractivity contribution in [2.24, 2.45) is 0 Å². The molecule has 0 N–H and O–H groups in total. The van der Waals surface area contributed by atoms with Crippen molar-refractivity contribution in [1.29, 1.82) is 0 Å². The first-order chi connectivity index (χ1) is 59.4. The van der Waals surface area contributed by atoms with E-state index in [0.29, 0.717) is 72.7 Å². The van der Waals surface area contributed by atoms with Crippen LogP contribution < -0.4 is 26.2 Å². The first-order valence-corrected chi connectivity index (χ1v) is 35.7. The Morgan fingerprint density at radius 2 is 0.600 bits per heavy atom. The maximum atomic E-state index is 12.1. The van der Waals surface area contributed by atoms with Crippen LogP contribution >= 0.6 is 0 Å². The van der Waals surface area contributed by atoms with Crippen molar-refractivity contribution in [2.75, 3.05) is 9.80 Å². The molecule has 0 bridgehead atoms. The second-order valence-electron chi connectivity index (χ2n) is 31.7. The lowest BCUT2D eigenvalue weighted by Gasteiger charge is -2.47. The van der Waals surface area contributed by atoms with Crippen molar-refractivity contribution in [3.05, 3.63) is 331 Å². The molecule has 0 radical (unpaired) electrons. The molecule has 18 rings (SSSR count). The van der Waals surface area contributed by atoms with Gasteiger partial charge >= 0.3 is 0 Å². The minimum absolute atomic E-state index is 0.000224. The second-order valence-corrected chi connectivity index (χ2v) is 31.7. The van der Waals surface area contributed by atoms with Crippen molar-refractivity contribution >= 4 is 101 Å². The first kappa shape index (κ1) is 46.1. The molecule has 4 heterocycles. The van der Waals surface area contributed by atoms with E-state index in [2.05, 4.69) is 119 Å². The van der Waals surface area contributed by atoms with Crippen LogP contribution in [-0.2, 0) is 21.7 Å². The van der Waals surface area contributed by atoms with E-state index >= 15 is 0 Å². The van der Waals surface area contributed by atoms with Gasteiger partial charge in [0.15, 0.2) is 0 Å². The zero-order valence-electron chi connectivity index (χ0n) is 81.7. The molecular weight excluding hydrogens is 1270 g/mol. The fourth-order valence-corrected chi connectivity index (χ4v) is 15.5. The second kappa shape index (κ2) is 24.5. The van der Waals surface area contributed by atoms with Crippen molar-refractivity contribution in [3.63, 3.8) is 0 Å². The highest BCUT2D eigenvalue weighted by molar-refractivity contribution is 7.01. The summed E-state index contributed by atoms with van der Waals surface area (Å²) < 4.78 is 215. The van der Waals surface area contributed by atoms with E-state index in [9.17, 15) is 28.8 Å². The summed E-state index contributed by atoms with van der Waals surface area (Å²) in [6.45, 7) is 23.5. The summed E-state index contributed by atoms with van der Waals surface area (Å²) in [5.41, 5.74) is 6.31. The van der Waals surface area contributed by atoms with E-state index in [4.69, 9.17) is 0 Å². The normalized spacial score (nSPS) is 15.9. The summed E-state index contributed by atoms with van der Waals surface area (Å²) >= 11 is 0. The van der Waals surface area contributed by atoms with Gasteiger partial charge in [0.1, 0.15) is 0 Å². The summed E-state index contributed by atoms with van der Waals surface area (Å²) in [4.78, 5) is 4.00. The molecular formula is C100H87BN4. The quantitative estimate of drug-likeness (QED) is 0.134. The SMILES string of the molecule is [2H]c1c([2H])c(-n2c3c([2H])c([2H])c([2H])c([2H])c3c3c([2H])c([2H])c([2H])c([2H])c32)c([2H])c2c1B1c3c(cc(C(C)(C)C)cc3N(c3c(-c4ccccc4)cc(C(C)(C)C)cc3-c3ccccc3)c3c([2H])c(-n4c5c([2H])c([2H])c([2H])c([2H])c5c5c([2H])c([2H])c([2H])c([2H])c54)c([2H])c(-c4ccc(C(C)(C)C)cc4)c31)N2c1c(-c2ccccc2)cc(C(C)(C)C)cc1-c1ccccc1. The van der Waals surface area contributed by atoms with E-state index in [0.717, 1.165) is 32.4 Å². The van der Waals surface area contributed by atoms with Crippen LogP contribution in [0.4, 0.5) is 34.1 Å². The van der Waals surface area contributed by atoms with Gasteiger partial charge in [0, 0.05) is 77.9 Å². The van der Waals surface area contributed by atoms with Crippen molar-refractivity contribution < 1.29 is 28.8 Å². The molecule has 5 heteroatoms. The Hall–Kier alpha value is -11.7. The van der Waals surface area contributed by atoms with Gasteiger partial charge in [-0.1, -0.05) is 307 Å². The third kappa shape index (κ3) is 10.9. The van der Waals surface area contributed by atoms with E-state index in [-0.39, 0.29) is 66.1 Å². The molecule has 16 aromatic rings. The molecule has 0 fully saturated rings. The van der Waals surface area contributed by atoms with Gasteiger partial charge in [0.2, 0.25) is 0 Å². The van der Waals surface area contributed by atoms with Gasteiger partial charge in [-0.3, -0.25) is 0 Å². The van der Waals surface area contributed by atoms with Crippen molar-refractivity contribution in [2.45, 2.75) is 105 Å². The number of nitrogens with zero attached hydrogens (tertiary/aromatic N) is 4. The molecule has 105 heavy (non-hydrogen) atoms. The molecule has 0 saturated heterocycles. The van der Waals surface area contributed by atoms with Crippen LogP contribution in [0.3, 0.4) is 0 Å². The monoisotopic (exact) mass is 1380 g/mol. The number of para-hydroxylation sites is 4. The molecule has 510 valence electrons. The number of fused-ring (bicyclic) bond motifs is 10. The van der Waals surface area contributed by atoms with Crippen LogP contribution in [0.5, 0.6) is 0 Å². The Bertz CT molecular complexity index is 7140. The number of hydrogen-bond donors (Lipinski definition) is 0. The van der Waals surface area contributed by atoms with Crippen LogP contribution in [0.1, 0.15) is 134 Å². The highest BCUT2D eigenvalue weighted by Crippen LogP contribution is 2.56. The molecule has 0 amide bonds. The Morgan fingerprint density at radius 1 is 0.276 bits per heavy atom. The summed E-state index contributed by atoms with van der Waals surface area (Å²) in [5, 5.41) is -1.26. The van der Waals surface area contributed by atoms with Gasteiger partial charge in [-0.25, -0.2) is 0 Å². The van der Waals surface area contributed by atoms with Crippen molar-refractivity contribution in [3.8, 4) is 67.0 Å². The molecule has 0 saturated carbocycles. The van der Waals surface area contributed by atoms with Gasteiger partial charge in [-0.15, -0.1) is 0 Å². The largest absolute Gasteiger partial charge is 0.310 e. The highest BCUT2D eigenvalue weighted by Gasteiger charge is 2.48. The predicted octanol–water partition coefficient (Wildman–Crippen LogP) is 25.5. The third-order valence-electron chi connectivity index (χ3n) is 20.9. The molecule has 0 atom stereocenters. The van der Waals surface area contributed by atoms with E-state index in [1.165, 1.54) is 4.57 Å². The van der Waals surface area contributed by atoms with E-state index in [1.54, 1.807) is 0 Å². The first-order valence-electron chi connectivity index (χ1n) is 46.2. The fourth-order valence-electron chi connectivity index (χ4n) is 15.5. The lowest BCUT2D eigenvalue weighted by molar-refractivity contribution is 0.590. The smallest absolute Gasteiger partial charge is 0.252 e. The fraction of sp³-hybridized carbons (Fsp3) is 0.160. The average Bonchev–Trinajstić information content (AvgIpc) is 0.903. The average molecular weight is 1380 g/mol. The summed E-state index contributed by atoms with van der Waals surface area (Å²) in [7, 11) is 0. The Kier molecular flexibility index (Phi) is 10.8. The van der Waals surface area contributed by atoms with Gasteiger partial charge in [0.05, 0.1) is 62.2 Å². The summed E-state index contributed by atoms with van der Waals surface area (Å²) in [6, 6.07) is 45.3. The van der Waals surface area contributed by atoms with E-state index < -0.39 is 172 Å². The van der Waals surface area contributed by atoms with Crippen LogP contribution in [0.25, 0.3) is 111 Å². The minimum Gasteiger partial charge on any atom is -0.310 e. The number of benzene rings is 14. The molecule has 0 unspecified atom stereocenters. The van der Waals surface area contributed by atoms with Crippen LogP contribution in [-0.4, -0.2) is 15.8 Å². The maximum Gasteiger partial charge on any atom is 0.252 e. The number of hydrogen-bond acceptors (Lipinski definition) is 2. The maximum absolute atomic E-state index is 12.1. The van der Waals surface area contributed by atoms with Gasteiger partial charge in [0.25, 0.3) is 6.71 Å². The Balaban J connectivity index is 1.17. The zero-order valence-corrected chi connectivity index (χ0v) is 60.7. The van der Waals surface area contributed by atoms with E-state index in [1.807, 2.05) is 155 Å².